The van der Waals surface area contributed by atoms with Crippen LogP contribution in [0.3, 0.4) is 0 Å². The lowest BCUT2D eigenvalue weighted by atomic mass is 10.1. The predicted octanol–water partition coefficient (Wildman–Crippen LogP) is 2.93. The van der Waals surface area contributed by atoms with Gasteiger partial charge in [0.15, 0.2) is 0 Å². The van der Waals surface area contributed by atoms with E-state index in [0.717, 1.165) is 5.69 Å². The van der Waals surface area contributed by atoms with E-state index in [4.69, 9.17) is 18.0 Å². The first-order valence-electron chi connectivity index (χ1n) is 5.62. The fourth-order valence-corrected chi connectivity index (χ4v) is 2.05. The second-order valence-electron chi connectivity index (χ2n) is 4.07. The highest BCUT2D eigenvalue weighted by molar-refractivity contribution is 7.80. The van der Waals surface area contributed by atoms with Crippen LogP contribution in [0.15, 0.2) is 42.5 Å². The molecule has 0 aliphatic carbocycles. The number of phenols is 1. The molecule has 2 rings (SSSR count). The Kier molecular flexibility index (Phi) is 3.66. The van der Waals surface area contributed by atoms with E-state index in [-0.39, 0.29) is 16.3 Å². The van der Waals surface area contributed by atoms with Crippen molar-refractivity contribution in [2.24, 2.45) is 5.73 Å². The standard InChI is InChI=1S/C14H13FN2OS/c1-17(9-5-7-10(18)8-6-9)12-4-2-3-11(15)13(12)14(16)19/h2-8,18H,1H3,(H2,16,19). The van der Waals surface area contributed by atoms with Crippen LogP contribution < -0.4 is 10.6 Å². The Morgan fingerprint density at radius 3 is 2.42 bits per heavy atom. The van der Waals surface area contributed by atoms with Gasteiger partial charge in [0.1, 0.15) is 16.6 Å². The number of hydrogen-bond donors (Lipinski definition) is 2. The molecule has 0 atom stereocenters. The summed E-state index contributed by atoms with van der Waals surface area (Å²) in [7, 11) is 1.78. The first-order valence-corrected chi connectivity index (χ1v) is 6.02. The molecule has 3 N–H and O–H groups in total. The Labute approximate surface area is 116 Å². The Balaban J connectivity index is 2.49. The number of benzene rings is 2. The number of phenolic OH excluding ortho intramolecular Hbond substituents is 1. The monoisotopic (exact) mass is 276 g/mol. The Morgan fingerprint density at radius 1 is 1.21 bits per heavy atom. The maximum atomic E-state index is 13.8. The second kappa shape index (κ2) is 5.24. The van der Waals surface area contributed by atoms with Crippen LogP contribution in [0.5, 0.6) is 5.75 Å². The van der Waals surface area contributed by atoms with Crippen LogP contribution in [0.25, 0.3) is 0 Å². The molecule has 3 nitrogen and oxygen atoms in total. The lowest BCUT2D eigenvalue weighted by Gasteiger charge is -2.22. The molecule has 0 amide bonds. The molecule has 0 bridgehead atoms. The van der Waals surface area contributed by atoms with Crippen molar-refractivity contribution in [2.45, 2.75) is 0 Å². The van der Waals surface area contributed by atoms with Crippen molar-refractivity contribution in [3.63, 3.8) is 0 Å². The Morgan fingerprint density at radius 2 is 1.84 bits per heavy atom. The third-order valence-corrected chi connectivity index (χ3v) is 3.04. The molecule has 0 aliphatic rings. The molecule has 0 radical (unpaired) electrons. The molecule has 0 aliphatic heterocycles. The van der Waals surface area contributed by atoms with Crippen LogP contribution in [0.2, 0.25) is 0 Å². The van der Waals surface area contributed by atoms with E-state index in [1.807, 2.05) is 0 Å². The highest BCUT2D eigenvalue weighted by atomic mass is 32.1. The molecule has 0 saturated carbocycles. The van der Waals surface area contributed by atoms with Gasteiger partial charge in [-0.25, -0.2) is 4.39 Å². The summed E-state index contributed by atoms with van der Waals surface area (Å²) in [5.41, 5.74) is 7.17. The Hall–Kier alpha value is -2.14. The van der Waals surface area contributed by atoms with E-state index in [1.54, 1.807) is 48.3 Å². The van der Waals surface area contributed by atoms with Crippen molar-refractivity contribution in [1.82, 2.24) is 0 Å². The van der Waals surface area contributed by atoms with Gasteiger partial charge in [-0.3, -0.25) is 0 Å². The summed E-state index contributed by atoms with van der Waals surface area (Å²) in [6.45, 7) is 0. The normalized spacial score (nSPS) is 10.2. The smallest absolute Gasteiger partial charge is 0.135 e. The Bertz CT molecular complexity index is 613. The molecule has 0 fully saturated rings. The molecule has 0 saturated heterocycles. The van der Waals surface area contributed by atoms with Crippen LogP contribution >= 0.6 is 12.2 Å². The molecule has 98 valence electrons. The lowest BCUT2D eigenvalue weighted by molar-refractivity contribution is 0.475. The minimum atomic E-state index is -0.448. The van der Waals surface area contributed by atoms with Gasteiger partial charge in [-0.2, -0.15) is 0 Å². The summed E-state index contributed by atoms with van der Waals surface area (Å²) in [6, 6.07) is 11.2. The van der Waals surface area contributed by atoms with Crippen molar-refractivity contribution < 1.29 is 9.50 Å². The fourth-order valence-electron chi connectivity index (χ4n) is 1.85. The summed E-state index contributed by atoms with van der Waals surface area (Å²) in [5.74, 6) is -0.276. The number of halogens is 1. The van der Waals surface area contributed by atoms with Crippen LogP contribution in [0.4, 0.5) is 15.8 Å². The van der Waals surface area contributed by atoms with Crippen LogP contribution in [0, 0.1) is 5.82 Å². The molecule has 0 spiro atoms. The van der Waals surface area contributed by atoms with Crippen molar-refractivity contribution in [3.05, 3.63) is 53.8 Å². The fraction of sp³-hybridized carbons (Fsp3) is 0.0714. The molecule has 0 heterocycles. The molecule has 0 aromatic heterocycles. The SMILES string of the molecule is CN(c1ccc(O)cc1)c1cccc(F)c1C(N)=S. The number of hydrogen-bond acceptors (Lipinski definition) is 3. The van der Waals surface area contributed by atoms with Gasteiger partial charge in [0.2, 0.25) is 0 Å². The quantitative estimate of drug-likeness (QED) is 0.846. The van der Waals surface area contributed by atoms with E-state index in [0.29, 0.717) is 5.69 Å². The van der Waals surface area contributed by atoms with Gasteiger partial charge in [0.05, 0.1) is 11.3 Å². The zero-order chi connectivity index (χ0) is 14.0. The summed E-state index contributed by atoms with van der Waals surface area (Å²) >= 11 is 4.90. The van der Waals surface area contributed by atoms with Crippen molar-refractivity contribution in [3.8, 4) is 5.75 Å². The van der Waals surface area contributed by atoms with Gasteiger partial charge >= 0.3 is 0 Å². The van der Waals surface area contributed by atoms with Gasteiger partial charge in [-0.1, -0.05) is 18.3 Å². The third kappa shape index (κ3) is 2.66. The van der Waals surface area contributed by atoms with E-state index in [2.05, 4.69) is 0 Å². The maximum absolute atomic E-state index is 13.8. The average molecular weight is 276 g/mol. The van der Waals surface area contributed by atoms with Gasteiger partial charge in [0.25, 0.3) is 0 Å². The van der Waals surface area contributed by atoms with E-state index >= 15 is 0 Å². The second-order valence-corrected chi connectivity index (χ2v) is 4.51. The average Bonchev–Trinajstić information content (AvgIpc) is 2.38. The number of aromatic hydroxyl groups is 1. The molecule has 19 heavy (non-hydrogen) atoms. The largest absolute Gasteiger partial charge is 0.508 e. The van der Waals surface area contributed by atoms with Crippen molar-refractivity contribution in [2.75, 3.05) is 11.9 Å². The number of anilines is 2. The minimum Gasteiger partial charge on any atom is -0.508 e. The zero-order valence-corrected chi connectivity index (χ0v) is 11.1. The molecule has 5 heteroatoms. The number of rotatable bonds is 3. The molecule has 2 aromatic carbocycles. The molecular formula is C14H13FN2OS. The number of nitrogens with zero attached hydrogens (tertiary/aromatic N) is 1. The molecule has 0 unspecified atom stereocenters. The summed E-state index contributed by atoms with van der Waals surface area (Å²) in [4.78, 5) is 1.77. The van der Waals surface area contributed by atoms with E-state index in [1.165, 1.54) is 6.07 Å². The first-order chi connectivity index (χ1) is 9.00. The number of thiocarbonyl (C=S) groups is 1. The summed E-state index contributed by atoms with van der Waals surface area (Å²) < 4.78 is 13.8. The van der Waals surface area contributed by atoms with Crippen molar-refractivity contribution in [1.29, 1.82) is 0 Å². The van der Waals surface area contributed by atoms with Gasteiger partial charge in [-0.15, -0.1) is 0 Å². The maximum Gasteiger partial charge on any atom is 0.135 e. The van der Waals surface area contributed by atoms with E-state index < -0.39 is 5.82 Å². The van der Waals surface area contributed by atoms with Gasteiger partial charge in [-0.05, 0) is 36.4 Å². The third-order valence-electron chi connectivity index (χ3n) is 2.84. The van der Waals surface area contributed by atoms with Crippen LogP contribution in [-0.4, -0.2) is 17.1 Å². The molecular weight excluding hydrogens is 263 g/mol. The van der Waals surface area contributed by atoms with E-state index in [9.17, 15) is 9.50 Å². The minimum absolute atomic E-state index is 0.0127. The highest BCUT2D eigenvalue weighted by Crippen LogP contribution is 2.29. The molecule has 2 aromatic rings. The van der Waals surface area contributed by atoms with Crippen LogP contribution in [0.1, 0.15) is 5.56 Å². The van der Waals surface area contributed by atoms with Crippen molar-refractivity contribution >= 4 is 28.6 Å². The highest BCUT2D eigenvalue weighted by Gasteiger charge is 2.15. The number of nitrogens with two attached hydrogens (primary N) is 1. The predicted molar refractivity (Wildman–Crippen MR) is 78.5 cm³/mol. The summed E-state index contributed by atoms with van der Waals surface area (Å²) in [5, 5.41) is 9.28. The van der Waals surface area contributed by atoms with Gasteiger partial charge in [0, 0.05) is 12.7 Å². The lowest BCUT2D eigenvalue weighted by Crippen LogP contribution is -2.19. The van der Waals surface area contributed by atoms with Crippen LogP contribution in [-0.2, 0) is 0 Å². The summed E-state index contributed by atoms with van der Waals surface area (Å²) in [6.07, 6.45) is 0. The first kappa shape index (κ1) is 13.3. The topological polar surface area (TPSA) is 49.5 Å². The zero-order valence-electron chi connectivity index (χ0n) is 10.3. The van der Waals surface area contributed by atoms with Gasteiger partial charge < -0.3 is 15.7 Å².